The Labute approximate surface area is 121 Å². The van der Waals surface area contributed by atoms with Crippen molar-refractivity contribution in [3.8, 4) is 0 Å². The van der Waals surface area contributed by atoms with E-state index in [1.54, 1.807) is 5.56 Å². The fraction of sp³-hybridized carbons (Fsp3) is 0.611. The van der Waals surface area contributed by atoms with Gasteiger partial charge in [0.2, 0.25) is 0 Å². The zero-order valence-corrected chi connectivity index (χ0v) is 12.5. The van der Waals surface area contributed by atoms with Gasteiger partial charge in [-0.15, -0.1) is 0 Å². The van der Waals surface area contributed by atoms with Gasteiger partial charge in [-0.1, -0.05) is 31.0 Å². The third-order valence-electron chi connectivity index (χ3n) is 5.10. The molecule has 0 saturated heterocycles. The zero-order valence-electron chi connectivity index (χ0n) is 12.5. The van der Waals surface area contributed by atoms with Crippen molar-refractivity contribution in [1.29, 1.82) is 0 Å². The summed E-state index contributed by atoms with van der Waals surface area (Å²) < 4.78 is 5.13. The maximum absolute atomic E-state index is 11.9. The summed E-state index contributed by atoms with van der Waals surface area (Å²) in [7, 11) is 0. The third kappa shape index (κ3) is 2.36. The van der Waals surface area contributed by atoms with Crippen molar-refractivity contribution in [3.05, 3.63) is 34.9 Å². The average molecular weight is 272 g/mol. The van der Waals surface area contributed by atoms with Gasteiger partial charge < -0.3 is 4.74 Å². The molecule has 2 aliphatic rings. The van der Waals surface area contributed by atoms with Gasteiger partial charge in [-0.3, -0.25) is 4.79 Å². The summed E-state index contributed by atoms with van der Waals surface area (Å²) in [6.07, 6.45) is 6.71. The monoisotopic (exact) mass is 272 g/mol. The lowest BCUT2D eigenvalue weighted by molar-refractivity contribution is -0.144. The molecular formula is C18H24O2. The van der Waals surface area contributed by atoms with E-state index >= 15 is 0 Å². The van der Waals surface area contributed by atoms with E-state index in [4.69, 9.17) is 4.74 Å². The molecule has 1 saturated carbocycles. The molecule has 1 aromatic rings. The van der Waals surface area contributed by atoms with Gasteiger partial charge in [0.05, 0.1) is 12.5 Å². The molecule has 3 rings (SSSR count). The molecule has 0 heterocycles. The van der Waals surface area contributed by atoms with E-state index in [2.05, 4.69) is 18.2 Å². The standard InChI is InChI=1S/C18H24O2/c1-3-20-18(19)12(2)13-8-9-17-15(10-13)11-14-6-4-5-7-16(14)17/h8-10,12,14,16H,3-7,11H2,1-2H3/t12-,14+,16+/m1/s1. The van der Waals surface area contributed by atoms with Crippen LogP contribution >= 0.6 is 0 Å². The predicted octanol–water partition coefficient (Wildman–Crippen LogP) is 4.18. The van der Waals surface area contributed by atoms with E-state index in [0.29, 0.717) is 6.61 Å². The minimum atomic E-state index is -0.150. The van der Waals surface area contributed by atoms with Crippen molar-refractivity contribution in [1.82, 2.24) is 0 Å². The van der Waals surface area contributed by atoms with Crippen molar-refractivity contribution >= 4 is 5.97 Å². The van der Waals surface area contributed by atoms with Crippen LogP contribution in [0.2, 0.25) is 0 Å². The van der Waals surface area contributed by atoms with Crippen LogP contribution < -0.4 is 0 Å². The Bertz CT molecular complexity index is 506. The van der Waals surface area contributed by atoms with Crippen LogP contribution in [0.15, 0.2) is 18.2 Å². The second-order valence-corrected chi connectivity index (χ2v) is 6.29. The lowest BCUT2D eigenvalue weighted by Gasteiger charge is -2.25. The van der Waals surface area contributed by atoms with E-state index in [1.807, 2.05) is 13.8 Å². The number of carbonyl (C=O) groups is 1. The quantitative estimate of drug-likeness (QED) is 0.771. The smallest absolute Gasteiger partial charge is 0.313 e. The molecule has 0 bridgehead atoms. The van der Waals surface area contributed by atoms with E-state index < -0.39 is 0 Å². The molecular weight excluding hydrogens is 248 g/mol. The largest absolute Gasteiger partial charge is 0.466 e. The highest BCUT2D eigenvalue weighted by Gasteiger charge is 2.34. The summed E-state index contributed by atoms with van der Waals surface area (Å²) in [5.41, 5.74) is 4.14. The van der Waals surface area contributed by atoms with Crippen molar-refractivity contribution in [2.24, 2.45) is 5.92 Å². The van der Waals surface area contributed by atoms with Crippen LogP contribution in [0, 0.1) is 5.92 Å². The van der Waals surface area contributed by atoms with E-state index in [1.165, 1.54) is 37.7 Å². The molecule has 108 valence electrons. The first-order chi connectivity index (χ1) is 9.70. The molecule has 0 spiro atoms. The normalized spacial score (nSPS) is 25.7. The minimum absolute atomic E-state index is 0.108. The number of hydrogen-bond acceptors (Lipinski definition) is 2. The summed E-state index contributed by atoms with van der Waals surface area (Å²) in [5.74, 6) is 1.38. The number of ether oxygens (including phenoxy) is 1. The van der Waals surface area contributed by atoms with Gasteiger partial charge in [0.15, 0.2) is 0 Å². The Hall–Kier alpha value is -1.31. The van der Waals surface area contributed by atoms with Crippen LogP contribution in [0.1, 0.15) is 68.1 Å². The number of benzene rings is 1. The van der Waals surface area contributed by atoms with Gasteiger partial charge >= 0.3 is 5.97 Å². The number of esters is 1. The topological polar surface area (TPSA) is 26.3 Å². The van der Waals surface area contributed by atoms with Gasteiger partial charge in [0, 0.05) is 0 Å². The molecule has 1 aromatic carbocycles. The van der Waals surface area contributed by atoms with Gasteiger partial charge in [-0.2, -0.15) is 0 Å². The molecule has 0 N–H and O–H groups in total. The van der Waals surface area contributed by atoms with Gasteiger partial charge in [0.1, 0.15) is 0 Å². The van der Waals surface area contributed by atoms with Crippen LogP contribution in [-0.2, 0) is 16.0 Å². The molecule has 2 nitrogen and oxygen atoms in total. The number of hydrogen-bond donors (Lipinski definition) is 0. The lowest BCUT2D eigenvalue weighted by atomic mass is 9.80. The molecule has 0 aromatic heterocycles. The molecule has 2 heteroatoms. The summed E-state index contributed by atoms with van der Waals surface area (Å²) in [6.45, 7) is 4.26. The summed E-state index contributed by atoms with van der Waals surface area (Å²) >= 11 is 0. The molecule has 0 aliphatic heterocycles. The maximum atomic E-state index is 11.9. The Morgan fingerprint density at radius 3 is 2.95 bits per heavy atom. The summed E-state index contributed by atoms with van der Waals surface area (Å²) in [5, 5.41) is 0. The highest BCUT2D eigenvalue weighted by atomic mass is 16.5. The fourth-order valence-corrected chi connectivity index (χ4v) is 3.98. The van der Waals surface area contributed by atoms with Crippen LogP contribution in [0.4, 0.5) is 0 Å². The Morgan fingerprint density at radius 1 is 1.35 bits per heavy atom. The van der Waals surface area contributed by atoms with E-state index in [0.717, 1.165) is 17.4 Å². The van der Waals surface area contributed by atoms with Crippen LogP contribution in [0.5, 0.6) is 0 Å². The van der Waals surface area contributed by atoms with Crippen LogP contribution in [-0.4, -0.2) is 12.6 Å². The number of rotatable bonds is 3. The Kier molecular flexibility index (Phi) is 3.82. The van der Waals surface area contributed by atoms with Gasteiger partial charge in [0.25, 0.3) is 0 Å². The first-order valence-electron chi connectivity index (χ1n) is 8.00. The average Bonchev–Trinajstić information content (AvgIpc) is 2.84. The van der Waals surface area contributed by atoms with Crippen LogP contribution in [0.25, 0.3) is 0 Å². The number of fused-ring (bicyclic) bond motifs is 3. The van der Waals surface area contributed by atoms with Crippen molar-refractivity contribution in [2.45, 2.75) is 57.8 Å². The minimum Gasteiger partial charge on any atom is -0.466 e. The Morgan fingerprint density at radius 2 is 2.15 bits per heavy atom. The highest BCUT2D eigenvalue weighted by Crippen LogP contribution is 2.47. The SMILES string of the molecule is CCOC(=O)[C@H](C)c1ccc2c(c1)C[C@@H]1CCCC[C@H]21. The molecule has 0 radical (unpaired) electrons. The molecule has 1 fully saturated rings. The van der Waals surface area contributed by atoms with Gasteiger partial charge in [-0.05, 0) is 61.6 Å². The zero-order chi connectivity index (χ0) is 14.1. The van der Waals surface area contributed by atoms with E-state index in [-0.39, 0.29) is 11.9 Å². The molecule has 20 heavy (non-hydrogen) atoms. The second kappa shape index (κ2) is 5.59. The second-order valence-electron chi connectivity index (χ2n) is 6.29. The molecule has 2 aliphatic carbocycles. The highest BCUT2D eigenvalue weighted by molar-refractivity contribution is 5.77. The van der Waals surface area contributed by atoms with Gasteiger partial charge in [-0.25, -0.2) is 0 Å². The maximum Gasteiger partial charge on any atom is 0.313 e. The summed E-state index contributed by atoms with van der Waals surface area (Å²) in [6, 6.07) is 6.67. The molecule has 0 unspecified atom stereocenters. The first-order valence-corrected chi connectivity index (χ1v) is 8.00. The lowest BCUT2D eigenvalue weighted by Crippen LogP contribution is -2.13. The first kappa shape index (κ1) is 13.7. The van der Waals surface area contributed by atoms with Crippen molar-refractivity contribution in [2.75, 3.05) is 6.61 Å². The third-order valence-corrected chi connectivity index (χ3v) is 5.10. The van der Waals surface area contributed by atoms with Crippen molar-refractivity contribution < 1.29 is 9.53 Å². The van der Waals surface area contributed by atoms with E-state index in [9.17, 15) is 4.79 Å². The summed E-state index contributed by atoms with van der Waals surface area (Å²) in [4.78, 5) is 11.9. The number of carbonyl (C=O) groups excluding carboxylic acids is 1. The van der Waals surface area contributed by atoms with Crippen LogP contribution in [0.3, 0.4) is 0 Å². The fourth-order valence-electron chi connectivity index (χ4n) is 3.98. The predicted molar refractivity (Wildman–Crippen MR) is 79.9 cm³/mol. The van der Waals surface area contributed by atoms with Crippen molar-refractivity contribution in [3.63, 3.8) is 0 Å². The Balaban J connectivity index is 1.82. The molecule has 3 atom stereocenters. The molecule has 0 amide bonds.